The molecule has 1 aromatic heterocycles. The van der Waals surface area contributed by atoms with Gasteiger partial charge in [0.15, 0.2) is 0 Å². The Labute approximate surface area is 104 Å². The summed E-state index contributed by atoms with van der Waals surface area (Å²) in [6, 6.07) is 9.25. The fourth-order valence-electron chi connectivity index (χ4n) is 1.57. The van der Waals surface area contributed by atoms with Gasteiger partial charge < -0.3 is 10.5 Å². The molecule has 0 aliphatic carbocycles. The summed E-state index contributed by atoms with van der Waals surface area (Å²) in [4.78, 5) is 14.4. The van der Waals surface area contributed by atoms with E-state index in [-0.39, 0.29) is 0 Å². The molecule has 2 N–H and O–H groups in total. The smallest absolute Gasteiger partial charge is 0.124 e. The highest BCUT2D eigenvalue weighted by Gasteiger charge is 2.04. The molecule has 2 rings (SSSR count). The van der Waals surface area contributed by atoms with Crippen LogP contribution >= 0.6 is 11.6 Å². The lowest BCUT2D eigenvalue weighted by Gasteiger charge is -2.05. The number of hydrogen-bond acceptors (Lipinski definition) is 3. The Morgan fingerprint density at radius 3 is 2.59 bits per heavy atom. The molecule has 1 aromatic carbocycles. The van der Waals surface area contributed by atoms with Gasteiger partial charge in [0.2, 0.25) is 0 Å². The Kier molecular flexibility index (Phi) is 3.40. The molecule has 0 aliphatic heterocycles. The lowest BCUT2D eigenvalue weighted by atomic mass is 10.0. The third-order valence-corrected chi connectivity index (χ3v) is 2.77. The first kappa shape index (κ1) is 11.6. The maximum absolute atomic E-state index is 10.4. The van der Waals surface area contributed by atoms with Crippen molar-refractivity contribution in [2.45, 2.75) is 6.42 Å². The van der Waals surface area contributed by atoms with Gasteiger partial charge in [-0.15, -0.1) is 0 Å². The van der Waals surface area contributed by atoms with Gasteiger partial charge in [-0.2, -0.15) is 0 Å². The highest BCUT2D eigenvalue weighted by atomic mass is 35.5. The van der Waals surface area contributed by atoms with E-state index in [0.717, 1.165) is 23.0 Å². The van der Waals surface area contributed by atoms with E-state index >= 15 is 0 Å². The number of carbonyl (C=O) groups excluding carboxylic acids is 1. The van der Waals surface area contributed by atoms with Gasteiger partial charge in [-0.3, -0.25) is 0 Å². The van der Waals surface area contributed by atoms with Gasteiger partial charge in [0.1, 0.15) is 12.1 Å². The molecule has 4 heteroatoms. The number of hydrogen-bond donors (Lipinski definition) is 1. The molecule has 0 aliphatic rings. The lowest BCUT2D eigenvalue weighted by molar-refractivity contribution is -0.107. The minimum atomic E-state index is 0.399. The van der Waals surface area contributed by atoms with Gasteiger partial charge in [0.05, 0.1) is 5.02 Å². The molecule has 17 heavy (non-hydrogen) atoms. The maximum atomic E-state index is 10.4. The second-order valence-corrected chi connectivity index (χ2v) is 4.06. The average Bonchev–Trinajstić information content (AvgIpc) is 2.31. The number of halogens is 1. The molecule has 0 fully saturated rings. The van der Waals surface area contributed by atoms with Gasteiger partial charge in [-0.1, -0.05) is 35.9 Å². The van der Waals surface area contributed by atoms with Gasteiger partial charge in [-0.05, 0) is 17.2 Å². The molecule has 86 valence electrons. The van der Waals surface area contributed by atoms with E-state index in [1.54, 1.807) is 12.3 Å². The molecule has 0 amide bonds. The Hall–Kier alpha value is -1.87. The zero-order valence-corrected chi connectivity index (χ0v) is 9.82. The first-order valence-corrected chi connectivity index (χ1v) is 5.52. The summed E-state index contributed by atoms with van der Waals surface area (Å²) in [5.41, 5.74) is 8.30. The SMILES string of the molecule is Nc1cc(Cl)c(-c2ccc(CC=O)cc2)cn1. The van der Waals surface area contributed by atoms with E-state index in [1.165, 1.54) is 0 Å². The van der Waals surface area contributed by atoms with Crippen LogP contribution in [0, 0.1) is 0 Å². The molecule has 2 aromatic rings. The van der Waals surface area contributed by atoms with Crippen molar-refractivity contribution in [3.8, 4) is 11.1 Å². The maximum Gasteiger partial charge on any atom is 0.124 e. The summed E-state index contributed by atoms with van der Waals surface area (Å²) in [5.74, 6) is 0.399. The molecule has 1 heterocycles. The van der Waals surface area contributed by atoms with Crippen LogP contribution in [0.1, 0.15) is 5.56 Å². The Morgan fingerprint density at radius 2 is 2.00 bits per heavy atom. The van der Waals surface area contributed by atoms with Crippen molar-refractivity contribution in [2.75, 3.05) is 5.73 Å². The van der Waals surface area contributed by atoms with Gasteiger partial charge in [-0.25, -0.2) is 4.98 Å². The molecule has 0 radical (unpaired) electrons. The van der Waals surface area contributed by atoms with Gasteiger partial charge in [0.25, 0.3) is 0 Å². The van der Waals surface area contributed by atoms with E-state index in [2.05, 4.69) is 4.98 Å². The molecular formula is C13H11ClN2O. The summed E-state index contributed by atoms with van der Waals surface area (Å²) in [6.07, 6.45) is 2.95. The molecule has 0 unspecified atom stereocenters. The van der Waals surface area contributed by atoms with Crippen LogP contribution in [0.2, 0.25) is 5.02 Å². The van der Waals surface area contributed by atoms with Crippen LogP contribution in [0.5, 0.6) is 0 Å². The minimum Gasteiger partial charge on any atom is -0.384 e. The number of benzene rings is 1. The van der Waals surface area contributed by atoms with Gasteiger partial charge >= 0.3 is 0 Å². The molecule has 0 bridgehead atoms. The van der Waals surface area contributed by atoms with Crippen LogP contribution in [0.25, 0.3) is 11.1 Å². The van der Waals surface area contributed by atoms with Crippen LogP contribution in [0.3, 0.4) is 0 Å². The summed E-state index contributed by atoms with van der Waals surface area (Å²) in [6.45, 7) is 0. The normalized spacial score (nSPS) is 10.2. The number of anilines is 1. The molecule has 0 atom stereocenters. The molecular weight excluding hydrogens is 236 g/mol. The van der Waals surface area contributed by atoms with Crippen molar-refractivity contribution in [3.63, 3.8) is 0 Å². The average molecular weight is 247 g/mol. The fourth-order valence-corrected chi connectivity index (χ4v) is 1.84. The van der Waals surface area contributed by atoms with Crippen molar-refractivity contribution in [2.24, 2.45) is 0 Å². The number of aldehydes is 1. The van der Waals surface area contributed by atoms with Crippen LogP contribution in [0.4, 0.5) is 5.82 Å². The zero-order chi connectivity index (χ0) is 12.3. The standard InChI is InChI=1S/C13H11ClN2O/c14-12-7-13(15)16-8-11(12)10-3-1-9(2-4-10)5-6-17/h1-4,6-8H,5H2,(H2,15,16). The van der Waals surface area contributed by atoms with Crippen LogP contribution in [0.15, 0.2) is 36.5 Å². The van der Waals surface area contributed by atoms with Crippen molar-refractivity contribution >= 4 is 23.7 Å². The highest BCUT2D eigenvalue weighted by molar-refractivity contribution is 6.33. The van der Waals surface area contributed by atoms with E-state index in [0.29, 0.717) is 17.3 Å². The van der Waals surface area contributed by atoms with E-state index in [9.17, 15) is 4.79 Å². The molecule has 0 spiro atoms. The first-order chi connectivity index (χ1) is 8.20. The number of pyridine rings is 1. The topological polar surface area (TPSA) is 56.0 Å². The van der Waals surface area contributed by atoms with E-state index in [1.807, 2.05) is 24.3 Å². The summed E-state index contributed by atoms with van der Waals surface area (Å²) >= 11 is 6.09. The third kappa shape index (κ3) is 2.63. The van der Waals surface area contributed by atoms with E-state index in [4.69, 9.17) is 17.3 Å². The number of rotatable bonds is 3. The Balaban J connectivity index is 2.36. The van der Waals surface area contributed by atoms with Crippen molar-refractivity contribution in [1.82, 2.24) is 4.98 Å². The minimum absolute atomic E-state index is 0.399. The fraction of sp³-hybridized carbons (Fsp3) is 0.0769. The predicted octanol–water partition coefficient (Wildman–Crippen LogP) is 2.73. The number of carbonyl (C=O) groups is 1. The third-order valence-electron chi connectivity index (χ3n) is 2.46. The number of aromatic nitrogens is 1. The van der Waals surface area contributed by atoms with Crippen molar-refractivity contribution in [1.29, 1.82) is 0 Å². The van der Waals surface area contributed by atoms with Crippen molar-refractivity contribution < 1.29 is 4.79 Å². The zero-order valence-electron chi connectivity index (χ0n) is 9.06. The summed E-state index contributed by atoms with van der Waals surface area (Å²) in [7, 11) is 0. The molecule has 0 saturated heterocycles. The Morgan fingerprint density at radius 1 is 1.29 bits per heavy atom. The summed E-state index contributed by atoms with van der Waals surface area (Å²) in [5, 5.41) is 0.570. The predicted molar refractivity (Wildman–Crippen MR) is 68.9 cm³/mol. The lowest BCUT2D eigenvalue weighted by Crippen LogP contribution is -1.91. The Bertz CT molecular complexity index is 538. The molecule has 3 nitrogen and oxygen atoms in total. The van der Waals surface area contributed by atoms with Gasteiger partial charge in [0, 0.05) is 18.2 Å². The highest BCUT2D eigenvalue weighted by Crippen LogP contribution is 2.28. The second kappa shape index (κ2) is 4.97. The first-order valence-electron chi connectivity index (χ1n) is 5.14. The monoisotopic (exact) mass is 246 g/mol. The van der Waals surface area contributed by atoms with Crippen LogP contribution in [-0.2, 0) is 11.2 Å². The number of nitrogens with two attached hydrogens (primary N) is 1. The largest absolute Gasteiger partial charge is 0.384 e. The van der Waals surface area contributed by atoms with Crippen LogP contribution < -0.4 is 5.73 Å². The quantitative estimate of drug-likeness (QED) is 0.848. The van der Waals surface area contributed by atoms with Crippen LogP contribution in [-0.4, -0.2) is 11.3 Å². The summed E-state index contributed by atoms with van der Waals surface area (Å²) < 4.78 is 0. The second-order valence-electron chi connectivity index (χ2n) is 3.66. The number of nitrogen functional groups attached to an aromatic ring is 1. The number of nitrogens with zero attached hydrogens (tertiary/aromatic N) is 1. The van der Waals surface area contributed by atoms with E-state index < -0.39 is 0 Å². The molecule has 0 saturated carbocycles. The van der Waals surface area contributed by atoms with Crippen molar-refractivity contribution in [3.05, 3.63) is 47.1 Å².